The largest absolute Gasteiger partial charge is 0.519 e. The zero-order valence-electron chi connectivity index (χ0n) is 11.6. The SMILES string of the molecule is CCCO[Si](OCCC)(OCCC)C(Cl)CC. The van der Waals surface area contributed by atoms with Crippen LogP contribution in [0.1, 0.15) is 53.4 Å². The summed E-state index contributed by atoms with van der Waals surface area (Å²) in [5.41, 5.74) is 0. The number of alkyl halides is 1. The van der Waals surface area contributed by atoms with Gasteiger partial charge in [0.2, 0.25) is 0 Å². The van der Waals surface area contributed by atoms with E-state index in [4.69, 9.17) is 24.9 Å². The third-order valence-corrected chi connectivity index (χ3v) is 6.37. The van der Waals surface area contributed by atoms with Crippen molar-refractivity contribution >= 4 is 20.4 Å². The molecule has 0 aliphatic rings. The molecule has 0 spiro atoms. The monoisotopic (exact) mass is 282 g/mol. The molecule has 0 saturated carbocycles. The highest BCUT2D eigenvalue weighted by Gasteiger charge is 2.48. The van der Waals surface area contributed by atoms with Gasteiger partial charge in [-0.2, -0.15) is 0 Å². The molecule has 3 nitrogen and oxygen atoms in total. The van der Waals surface area contributed by atoms with Crippen molar-refractivity contribution in [3.05, 3.63) is 0 Å². The van der Waals surface area contributed by atoms with Gasteiger partial charge in [0, 0.05) is 19.8 Å². The summed E-state index contributed by atoms with van der Waals surface area (Å²) in [5, 5.41) is -0.146. The van der Waals surface area contributed by atoms with E-state index >= 15 is 0 Å². The summed E-state index contributed by atoms with van der Waals surface area (Å²) in [6.45, 7) is 10.2. The van der Waals surface area contributed by atoms with Gasteiger partial charge >= 0.3 is 8.80 Å². The van der Waals surface area contributed by atoms with E-state index in [1.165, 1.54) is 0 Å². The third kappa shape index (κ3) is 6.20. The van der Waals surface area contributed by atoms with E-state index in [0.717, 1.165) is 25.7 Å². The van der Waals surface area contributed by atoms with Gasteiger partial charge in [-0.3, -0.25) is 0 Å². The fourth-order valence-corrected chi connectivity index (χ4v) is 4.70. The van der Waals surface area contributed by atoms with Crippen LogP contribution in [0.2, 0.25) is 0 Å². The average molecular weight is 283 g/mol. The first kappa shape index (κ1) is 17.4. The van der Waals surface area contributed by atoms with Crippen molar-refractivity contribution in [2.75, 3.05) is 19.8 Å². The van der Waals surface area contributed by atoms with Gasteiger partial charge in [0.05, 0.1) is 0 Å². The summed E-state index contributed by atoms with van der Waals surface area (Å²) in [7, 11) is -2.70. The van der Waals surface area contributed by atoms with Crippen LogP contribution in [0.15, 0.2) is 0 Å². The topological polar surface area (TPSA) is 27.7 Å². The summed E-state index contributed by atoms with van der Waals surface area (Å²) in [4.78, 5) is 0. The first-order valence-corrected chi connectivity index (χ1v) is 8.96. The van der Waals surface area contributed by atoms with Crippen molar-refractivity contribution in [1.82, 2.24) is 0 Å². The molecule has 0 heterocycles. The molecule has 0 amide bonds. The predicted molar refractivity (Wildman–Crippen MR) is 74.4 cm³/mol. The second kappa shape index (κ2) is 10.3. The maximum atomic E-state index is 6.38. The summed E-state index contributed by atoms with van der Waals surface area (Å²) < 4.78 is 17.7. The van der Waals surface area contributed by atoms with Crippen LogP contribution in [0.25, 0.3) is 0 Å². The smallest absolute Gasteiger partial charge is 0.373 e. The van der Waals surface area contributed by atoms with Crippen LogP contribution in [-0.4, -0.2) is 33.6 Å². The quantitative estimate of drug-likeness (QED) is 0.427. The summed E-state index contributed by atoms with van der Waals surface area (Å²) >= 11 is 6.38. The molecule has 1 atom stereocenters. The van der Waals surface area contributed by atoms with Crippen molar-refractivity contribution in [2.24, 2.45) is 0 Å². The Balaban J connectivity index is 4.63. The van der Waals surface area contributed by atoms with Crippen LogP contribution in [0.3, 0.4) is 0 Å². The van der Waals surface area contributed by atoms with Crippen molar-refractivity contribution < 1.29 is 13.3 Å². The van der Waals surface area contributed by atoms with Crippen LogP contribution in [0.4, 0.5) is 0 Å². The van der Waals surface area contributed by atoms with E-state index in [1.807, 2.05) is 6.92 Å². The maximum Gasteiger partial charge on any atom is 0.519 e. The molecule has 104 valence electrons. The zero-order chi connectivity index (χ0) is 13.1. The Kier molecular flexibility index (Phi) is 10.6. The van der Waals surface area contributed by atoms with Crippen LogP contribution >= 0.6 is 11.6 Å². The molecule has 17 heavy (non-hydrogen) atoms. The van der Waals surface area contributed by atoms with Crippen molar-refractivity contribution in [3.8, 4) is 0 Å². The van der Waals surface area contributed by atoms with E-state index in [9.17, 15) is 0 Å². The number of halogens is 1. The van der Waals surface area contributed by atoms with Crippen molar-refractivity contribution in [2.45, 2.75) is 58.4 Å². The maximum absolute atomic E-state index is 6.38. The summed E-state index contributed by atoms with van der Waals surface area (Å²) in [6.07, 6.45) is 3.66. The fraction of sp³-hybridized carbons (Fsp3) is 1.00. The molecule has 0 bridgehead atoms. The lowest BCUT2D eigenvalue weighted by Crippen LogP contribution is -2.54. The Labute approximate surface area is 112 Å². The lowest BCUT2D eigenvalue weighted by molar-refractivity contribution is 0.0566. The number of hydrogen-bond acceptors (Lipinski definition) is 3. The minimum atomic E-state index is -2.70. The van der Waals surface area contributed by atoms with E-state index < -0.39 is 8.80 Å². The Morgan fingerprint density at radius 2 is 1.18 bits per heavy atom. The third-order valence-electron chi connectivity index (χ3n) is 2.26. The lowest BCUT2D eigenvalue weighted by Gasteiger charge is -2.32. The van der Waals surface area contributed by atoms with Gasteiger partial charge < -0.3 is 13.3 Å². The predicted octanol–water partition coefficient (Wildman–Crippen LogP) is 3.76. The van der Waals surface area contributed by atoms with Crippen LogP contribution in [0, 0.1) is 0 Å². The molecule has 0 saturated heterocycles. The molecule has 0 aliphatic carbocycles. The van der Waals surface area contributed by atoms with E-state index in [0.29, 0.717) is 19.8 Å². The van der Waals surface area contributed by atoms with E-state index in [2.05, 4.69) is 20.8 Å². The van der Waals surface area contributed by atoms with E-state index in [1.54, 1.807) is 0 Å². The number of hydrogen-bond donors (Lipinski definition) is 0. The first-order chi connectivity index (χ1) is 8.16. The molecule has 0 aromatic rings. The minimum absolute atomic E-state index is 0.146. The van der Waals surface area contributed by atoms with E-state index in [-0.39, 0.29) is 5.00 Å². The standard InChI is InChI=1S/C12H27ClO3Si/c1-5-9-14-17(12(13)8-4,15-10-6-2)16-11-7-3/h12H,5-11H2,1-4H3. The Hall–Kier alpha value is 0.387. The van der Waals surface area contributed by atoms with Crippen molar-refractivity contribution in [1.29, 1.82) is 0 Å². The highest BCUT2D eigenvalue weighted by atomic mass is 35.5. The lowest BCUT2D eigenvalue weighted by atomic mass is 10.5. The van der Waals surface area contributed by atoms with Gasteiger partial charge in [-0.15, -0.1) is 11.6 Å². The molecular formula is C12H27ClO3Si. The van der Waals surface area contributed by atoms with Gasteiger partial charge in [0.1, 0.15) is 5.00 Å². The highest BCUT2D eigenvalue weighted by Crippen LogP contribution is 2.23. The average Bonchev–Trinajstić information content (AvgIpc) is 2.37. The molecule has 0 aromatic carbocycles. The van der Waals surface area contributed by atoms with Gasteiger partial charge in [-0.25, -0.2) is 0 Å². The molecule has 0 N–H and O–H groups in total. The molecule has 5 heteroatoms. The van der Waals surface area contributed by atoms with Crippen LogP contribution in [0.5, 0.6) is 0 Å². The molecule has 1 unspecified atom stereocenters. The van der Waals surface area contributed by atoms with Crippen molar-refractivity contribution in [3.63, 3.8) is 0 Å². The first-order valence-electron chi connectivity index (χ1n) is 6.72. The second-order valence-electron chi connectivity index (χ2n) is 4.02. The van der Waals surface area contributed by atoms with Gasteiger partial charge in [-0.05, 0) is 25.7 Å². The minimum Gasteiger partial charge on any atom is -0.373 e. The van der Waals surface area contributed by atoms with Crippen LogP contribution in [-0.2, 0) is 13.3 Å². The molecule has 0 rings (SSSR count). The Morgan fingerprint density at radius 1 is 0.824 bits per heavy atom. The normalized spacial score (nSPS) is 13.9. The Bertz CT molecular complexity index is 159. The van der Waals surface area contributed by atoms with Gasteiger partial charge in [0.25, 0.3) is 0 Å². The number of rotatable bonds is 11. The zero-order valence-corrected chi connectivity index (χ0v) is 13.4. The molecular weight excluding hydrogens is 256 g/mol. The molecule has 0 aliphatic heterocycles. The highest BCUT2D eigenvalue weighted by molar-refractivity contribution is 6.71. The molecule has 0 radical (unpaired) electrons. The fourth-order valence-electron chi connectivity index (χ4n) is 1.38. The van der Waals surface area contributed by atoms with Gasteiger partial charge in [0.15, 0.2) is 0 Å². The van der Waals surface area contributed by atoms with Crippen LogP contribution < -0.4 is 0 Å². The molecule has 0 aromatic heterocycles. The summed E-state index contributed by atoms with van der Waals surface area (Å²) in [5.74, 6) is 0. The summed E-state index contributed by atoms with van der Waals surface area (Å²) in [6, 6.07) is 0. The second-order valence-corrected chi connectivity index (χ2v) is 7.69. The Morgan fingerprint density at radius 3 is 1.41 bits per heavy atom. The molecule has 0 fully saturated rings. The van der Waals surface area contributed by atoms with Gasteiger partial charge in [-0.1, -0.05) is 27.7 Å².